The second-order valence-corrected chi connectivity index (χ2v) is 8.24. The molecule has 2 aromatic rings. The van der Waals surface area contributed by atoms with E-state index in [-0.39, 0.29) is 29.9 Å². The third-order valence-electron chi connectivity index (χ3n) is 6.01. The van der Waals surface area contributed by atoms with Crippen LogP contribution in [0.2, 0.25) is 0 Å². The molecule has 2 aliphatic heterocycles. The summed E-state index contributed by atoms with van der Waals surface area (Å²) in [5.41, 5.74) is 0.845. The zero-order valence-electron chi connectivity index (χ0n) is 16.5. The second-order valence-electron chi connectivity index (χ2n) is 8.24. The molecule has 156 valence electrons. The lowest BCUT2D eigenvalue weighted by atomic mass is 9.93. The lowest BCUT2D eigenvalue weighted by molar-refractivity contribution is -0.173. The van der Waals surface area contributed by atoms with E-state index >= 15 is 0 Å². The second kappa shape index (κ2) is 7.39. The maximum absolute atomic E-state index is 13.8. The van der Waals surface area contributed by atoms with Crippen molar-refractivity contribution in [2.45, 2.75) is 57.4 Å². The highest BCUT2D eigenvalue weighted by atomic mass is 19.4. The van der Waals surface area contributed by atoms with E-state index in [4.69, 9.17) is 0 Å². The predicted molar refractivity (Wildman–Crippen MR) is 104 cm³/mol. The van der Waals surface area contributed by atoms with Crippen LogP contribution in [0.4, 0.5) is 19.0 Å². The molecule has 29 heavy (non-hydrogen) atoms. The molecular formula is C21H25F3N4O. The Labute approximate surface area is 167 Å². The van der Waals surface area contributed by atoms with Crippen LogP contribution in [0.5, 0.6) is 0 Å². The average molecular weight is 406 g/mol. The molecule has 1 amide bonds. The van der Waals surface area contributed by atoms with Gasteiger partial charge >= 0.3 is 6.18 Å². The maximum atomic E-state index is 13.8. The minimum absolute atomic E-state index is 0.0495. The smallest absolute Gasteiger partial charge is 0.363 e. The van der Waals surface area contributed by atoms with Crippen LogP contribution in [-0.4, -0.2) is 39.4 Å². The lowest BCUT2D eigenvalue weighted by Gasteiger charge is -2.36. The van der Waals surface area contributed by atoms with E-state index in [0.717, 1.165) is 23.1 Å². The third-order valence-corrected chi connectivity index (χ3v) is 6.01. The molecule has 2 aliphatic rings. The van der Waals surface area contributed by atoms with Gasteiger partial charge in [0.2, 0.25) is 0 Å². The average Bonchev–Trinajstić information content (AvgIpc) is 3.10. The minimum atomic E-state index is -4.45. The maximum Gasteiger partial charge on any atom is 0.410 e. The summed E-state index contributed by atoms with van der Waals surface area (Å²) in [5, 5.41) is 7.24. The molecule has 1 saturated heterocycles. The number of aromatic nitrogens is 2. The van der Waals surface area contributed by atoms with Crippen LogP contribution in [0, 0.1) is 5.92 Å². The number of nitrogens with zero attached hydrogens (tertiary/aromatic N) is 3. The number of anilines is 1. The molecule has 0 aliphatic carbocycles. The van der Waals surface area contributed by atoms with E-state index in [1.165, 1.54) is 6.07 Å². The first-order valence-corrected chi connectivity index (χ1v) is 10.0. The number of alkyl halides is 3. The number of hydrogen-bond donors (Lipinski definition) is 1. The van der Waals surface area contributed by atoms with Gasteiger partial charge in [0, 0.05) is 25.1 Å². The summed E-state index contributed by atoms with van der Waals surface area (Å²) in [6.07, 6.45) is -2.85. The van der Waals surface area contributed by atoms with Crippen LogP contribution < -0.4 is 5.32 Å². The number of likely N-dealkylation sites (tertiary alicyclic amines) is 1. The topological polar surface area (TPSA) is 50.2 Å². The molecule has 0 bridgehead atoms. The van der Waals surface area contributed by atoms with Gasteiger partial charge < -0.3 is 10.2 Å². The van der Waals surface area contributed by atoms with Gasteiger partial charge in [-0.15, -0.1) is 0 Å². The Hall–Kier alpha value is -2.51. The van der Waals surface area contributed by atoms with Crippen molar-refractivity contribution in [1.29, 1.82) is 0 Å². The van der Waals surface area contributed by atoms with Crippen LogP contribution in [0.3, 0.4) is 0 Å². The number of rotatable bonds is 2. The van der Waals surface area contributed by atoms with Crippen molar-refractivity contribution >= 4 is 11.7 Å². The quantitative estimate of drug-likeness (QED) is 0.779. The van der Waals surface area contributed by atoms with Gasteiger partial charge in [-0.2, -0.15) is 18.3 Å². The van der Waals surface area contributed by atoms with E-state index < -0.39 is 18.3 Å². The molecule has 1 fully saturated rings. The molecule has 1 aromatic carbocycles. The first-order chi connectivity index (χ1) is 13.7. The van der Waals surface area contributed by atoms with Crippen LogP contribution in [0.1, 0.15) is 61.2 Å². The van der Waals surface area contributed by atoms with E-state index in [9.17, 15) is 18.0 Å². The largest absolute Gasteiger partial charge is 0.410 e. The molecule has 8 heteroatoms. The highest BCUT2D eigenvalue weighted by molar-refractivity contribution is 5.93. The summed E-state index contributed by atoms with van der Waals surface area (Å²) >= 11 is 0. The zero-order valence-corrected chi connectivity index (χ0v) is 16.5. The van der Waals surface area contributed by atoms with Gasteiger partial charge in [-0.1, -0.05) is 37.3 Å². The van der Waals surface area contributed by atoms with Crippen molar-refractivity contribution < 1.29 is 18.0 Å². The molecule has 1 N–H and O–H groups in total. The van der Waals surface area contributed by atoms with Gasteiger partial charge in [-0.05, 0) is 31.2 Å². The molecule has 0 saturated carbocycles. The number of fused-ring (bicyclic) bond motifs is 1. The van der Waals surface area contributed by atoms with Crippen molar-refractivity contribution in [3.63, 3.8) is 0 Å². The number of carbonyl (C=O) groups excluding carboxylic acids is 1. The highest BCUT2D eigenvalue weighted by Gasteiger charge is 2.47. The fourth-order valence-corrected chi connectivity index (χ4v) is 4.44. The third kappa shape index (κ3) is 3.84. The van der Waals surface area contributed by atoms with E-state index in [1.54, 1.807) is 29.2 Å². The van der Waals surface area contributed by atoms with Crippen LogP contribution >= 0.6 is 0 Å². The van der Waals surface area contributed by atoms with Crippen LogP contribution in [0.25, 0.3) is 0 Å². The zero-order chi connectivity index (χ0) is 20.8. The van der Waals surface area contributed by atoms with Crippen molar-refractivity contribution in [3.8, 4) is 0 Å². The van der Waals surface area contributed by atoms with Gasteiger partial charge in [-0.3, -0.25) is 4.79 Å². The lowest BCUT2D eigenvalue weighted by Crippen LogP contribution is -2.44. The van der Waals surface area contributed by atoms with E-state index in [0.29, 0.717) is 12.5 Å². The Balaban J connectivity index is 1.65. The van der Waals surface area contributed by atoms with Crippen molar-refractivity contribution in [1.82, 2.24) is 14.7 Å². The van der Waals surface area contributed by atoms with Gasteiger partial charge in [-0.25, -0.2) is 4.68 Å². The summed E-state index contributed by atoms with van der Waals surface area (Å²) in [4.78, 5) is 14.7. The summed E-state index contributed by atoms with van der Waals surface area (Å²) < 4.78 is 42.3. The fourth-order valence-electron chi connectivity index (χ4n) is 4.44. The summed E-state index contributed by atoms with van der Waals surface area (Å²) in [6, 6.07) is 8.29. The first kappa shape index (κ1) is 19.8. The Kier molecular flexibility index (Phi) is 5.04. The highest BCUT2D eigenvalue weighted by Crippen LogP contribution is 2.43. The molecule has 0 radical (unpaired) electrons. The number of halogens is 3. The van der Waals surface area contributed by atoms with E-state index in [1.807, 2.05) is 13.0 Å². The fraction of sp³-hybridized carbons (Fsp3) is 0.524. The van der Waals surface area contributed by atoms with Crippen molar-refractivity contribution in [2.75, 3.05) is 11.9 Å². The normalized spacial score (nSPS) is 27.3. The molecule has 0 spiro atoms. The molecule has 4 rings (SSSR count). The number of nitrogens with one attached hydrogen (secondary N) is 1. The number of benzene rings is 1. The Morgan fingerprint density at radius 1 is 1.17 bits per heavy atom. The Morgan fingerprint density at radius 2 is 1.90 bits per heavy atom. The Bertz CT molecular complexity index is 880. The summed E-state index contributed by atoms with van der Waals surface area (Å²) in [7, 11) is 0. The van der Waals surface area contributed by atoms with Gasteiger partial charge in [0.1, 0.15) is 5.82 Å². The van der Waals surface area contributed by atoms with Crippen LogP contribution in [-0.2, 0) is 0 Å². The van der Waals surface area contributed by atoms with Crippen molar-refractivity contribution in [3.05, 3.63) is 47.7 Å². The monoisotopic (exact) mass is 406 g/mol. The van der Waals surface area contributed by atoms with Gasteiger partial charge in [0.15, 0.2) is 11.7 Å². The molecule has 3 heterocycles. The number of carbonyl (C=O) groups is 1. The minimum Gasteiger partial charge on any atom is -0.363 e. The van der Waals surface area contributed by atoms with E-state index in [2.05, 4.69) is 17.3 Å². The standard InChI is InChI=1S/C21H25F3N4O/c1-13-8-9-27(14(2)10-13)20(29)17-12-19-25-16(15-6-4-3-5-7-15)11-18(21(22,23)24)28(19)26-17/h3-7,12-14,16,18,25H,8-11H2,1-2H3/t13-,14+,16+,18+/m1/s1. The summed E-state index contributed by atoms with van der Waals surface area (Å²) in [5.74, 6) is 0.464. The molecule has 5 nitrogen and oxygen atoms in total. The predicted octanol–water partition coefficient (Wildman–Crippen LogP) is 4.80. The molecule has 4 atom stereocenters. The molecule has 1 aromatic heterocycles. The van der Waals surface area contributed by atoms with Crippen LogP contribution in [0.15, 0.2) is 36.4 Å². The first-order valence-electron chi connectivity index (χ1n) is 10.0. The SMILES string of the molecule is C[C@@H]1CCN(C(=O)c2cc3n(n2)[C@H](C(F)(F)F)C[C@@H](c2ccccc2)N3)[C@@H](C)C1. The van der Waals surface area contributed by atoms with Gasteiger partial charge in [0.05, 0.1) is 6.04 Å². The number of hydrogen-bond acceptors (Lipinski definition) is 3. The Morgan fingerprint density at radius 3 is 2.55 bits per heavy atom. The number of amides is 1. The summed E-state index contributed by atoms with van der Waals surface area (Å²) in [6.45, 7) is 4.73. The number of piperidine rings is 1. The molecular weight excluding hydrogens is 381 g/mol. The molecule has 0 unspecified atom stereocenters. The van der Waals surface area contributed by atoms with Gasteiger partial charge in [0.25, 0.3) is 5.91 Å². The van der Waals surface area contributed by atoms with Crippen molar-refractivity contribution in [2.24, 2.45) is 5.92 Å².